The number of likely N-dealkylation sites (tertiary alicyclic amines) is 1. The van der Waals surface area contributed by atoms with Crippen LogP contribution in [0, 0.1) is 5.92 Å². The Labute approximate surface area is 78.4 Å². The highest BCUT2D eigenvalue weighted by molar-refractivity contribution is 6.09. The Bertz CT molecular complexity index is 258. The van der Waals surface area contributed by atoms with E-state index in [2.05, 4.69) is 6.58 Å². The average molecular weight is 181 g/mol. The number of hydrogen-bond acceptors (Lipinski definition) is 2. The standard InChI is InChI=1S/C10H15NO2/c1-4-11-6-5-8(10(11)13)9(12)7(2)3/h8H,2,4-6H2,1,3H3. The van der Waals surface area contributed by atoms with Crippen LogP contribution in [0.15, 0.2) is 12.2 Å². The highest BCUT2D eigenvalue weighted by Gasteiger charge is 2.35. The number of nitrogens with zero attached hydrogens (tertiary/aromatic N) is 1. The molecular formula is C10H15NO2. The van der Waals surface area contributed by atoms with Crippen LogP contribution < -0.4 is 0 Å². The summed E-state index contributed by atoms with van der Waals surface area (Å²) in [4.78, 5) is 24.7. The van der Waals surface area contributed by atoms with E-state index in [1.165, 1.54) is 0 Å². The Kier molecular flexibility index (Phi) is 2.86. The van der Waals surface area contributed by atoms with E-state index in [0.29, 0.717) is 25.1 Å². The normalized spacial score (nSPS) is 22.2. The molecule has 1 aliphatic rings. The first-order chi connectivity index (χ1) is 6.07. The van der Waals surface area contributed by atoms with E-state index in [9.17, 15) is 9.59 Å². The van der Waals surface area contributed by atoms with Gasteiger partial charge in [0.25, 0.3) is 0 Å². The van der Waals surface area contributed by atoms with Gasteiger partial charge in [-0.1, -0.05) is 6.58 Å². The van der Waals surface area contributed by atoms with Gasteiger partial charge in [0, 0.05) is 13.1 Å². The number of Topliss-reactive ketones (excluding diaryl/α,β-unsaturated/α-hetero) is 1. The van der Waals surface area contributed by atoms with Gasteiger partial charge in [0.2, 0.25) is 5.91 Å². The fourth-order valence-electron chi connectivity index (χ4n) is 1.59. The SMILES string of the molecule is C=C(C)C(=O)C1CCN(CC)C1=O. The Morgan fingerprint density at radius 2 is 2.31 bits per heavy atom. The first-order valence-corrected chi connectivity index (χ1v) is 4.56. The van der Waals surface area contributed by atoms with Crippen molar-refractivity contribution >= 4 is 11.7 Å². The van der Waals surface area contributed by atoms with Crippen LogP contribution in [0.25, 0.3) is 0 Å². The predicted octanol–water partition coefficient (Wildman–Crippen LogP) is 1.00. The van der Waals surface area contributed by atoms with Crippen molar-refractivity contribution in [2.24, 2.45) is 5.92 Å². The number of allylic oxidation sites excluding steroid dienone is 1. The summed E-state index contributed by atoms with van der Waals surface area (Å²) in [5.41, 5.74) is 0.483. The molecule has 1 amide bonds. The van der Waals surface area contributed by atoms with Crippen molar-refractivity contribution in [3.8, 4) is 0 Å². The summed E-state index contributed by atoms with van der Waals surface area (Å²) in [5, 5.41) is 0. The minimum atomic E-state index is -0.447. The van der Waals surface area contributed by atoms with E-state index in [1.807, 2.05) is 6.92 Å². The van der Waals surface area contributed by atoms with E-state index in [4.69, 9.17) is 0 Å². The lowest BCUT2D eigenvalue weighted by atomic mass is 9.98. The lowest BCUT2D eigenvalue weighted by Crippen LogP contribution is -2.30. The van der Waals surface area contributed by atoms with Crippen LogP contribution >= 0.6 is 0 Å². The molecule has 0 bridgehead atoms. The van der Waals surface area contributed by atoms with Gasteiger partial charge in [0.15, 0.2) is 5.78 Å². The van der Waals surface area contributed by atoms with Crippen LogP contribution in [0.1, 0.15) is 20.3 Å². The number of amides is 1. The molecule has 72 valence electrons. The summed E-state index contributed by atoms with van der Waals surface area (Å²) < 4.78 is 0. The maximum absolute atomic E-state index is 11.5. The molecule has 0 aromatic rings. The second-order valence-electron chi connectivity index (χ2n) is 3.40. The van der Waals surface area contributed by atoms with Gasteiger partial charge >= 0.3 is 0 Å². The summed E-state index contributed by atoms with van der Waals surface area (Å²) in [7, 11) is 0. The van der Waals surface area contributed by atoms with Crippen molar-refractivity contribution in [3.63, 3.8) is 0 Å². The number of carbonyl (C=O) groups excluding carboxylic acids is 2. The molecule has 0 spiro atoms. The predicted molar refractivity (Wildman–Crippen MR) is 50.2 cm³/mol. The highest BCUT2D eigenvalue weighted by Crippen LogP contribution is 2.20. The van der Waals surface area contributed by atoms with Gasteiger partial charge in [-0.3, -0.25) is 9.59 Å². The zero-order chi connectivity index (χ0) is 10.0. The summed E-state index contributed by atoms with van der Waals surface area (Å²) in [6, 6.07) is 0. The highest BCUT2D eigenvalue weighted by atomic mass is 16.2. The van der Waals surface area contributed by atoms with Crippen LogP contribution in [-0.4, -0.2) is 29.7 Å². The molecule has 0 N–H and O–H groups in total. The zero-order valence-corrected chi connectivity index (χ0v) is 8.17. The van der Waals surface area contributed by atoms with Crippen LogP contribution in [-0.2, 0) is 9.59 Å². The van der Waals surface area contributed by atoms with Gasteiger partial charge in [0.05, 0.1) is 0 Å². The summed E-state index contributed by atoms with van der Waals surface area (Å²) in [6.07, 6.45) is 0.651. The molecular weight excluding hydrogens is 166 g/mol. The topological polar surface area (TPSA) is 37.4 Å². The molecule has 0 aliphatic carbocycles. The molecule has 1 unspecified atom stereocenters. The lowest BCUT2D eigenvalue weighted by Gasteiger charge is -2.12. The number of hydrogen-bond donors (Lipinski definition) is 0. The molecule has 0 aromatic heterocycles. The second-order valence-corrected chi connectivity index (χ2v) is 3.40. The quantitative estimate of drug-likeness (QED) is 0.481. The molecule has 13 heavy (non-hydrogen) atoms. The fraction of sp³-hybridized carbons (Fsp3) is 0.600. The molecule has 1 fully saturated rings. The van der Waals surface area contributed by atoms with Crippen molar-refractivity contribution in [2.45, 2.75) is 20.3 Å². The minimum absolute atomic E-state index is 0.0319. The number of carbonyl (C=O) groups is 2. The number of ketones is 1. The van der Waals surface area contributed by atoms with Crippen LogP contribution in [0.2, 0.25) is 0 Å². The van der Waals surface area contributed by atoms with Gasteiger partial charge in [-0.2, -0.15) is 0 Å². The summed E-state index contributed by atoms with van der Waals surface area (Å²) in [6.45, 7) is 8.54. The third-order valence-corrected chi connectivity index (χ3v) is 2.42. The van der Waals surface area contributed by atoms with Gasteiger partial charge in [-0.15, -0.1) is 0 Å². The van der Waals surface area contributed by atoms with Crippen LogP contribution in [0.3, 0.4) is 0 Å². The summed E-state index contributed by atoms with van der Waals surface area (Å²) in [5.74, 6) is -0.575. The second kappa shape index (κ2) is 3.73. The van der Waals surface area contributed by atoms with Gasteiger partial charge in [-0.25, -0.2) is 0 Å². The smallest absolute Gasteiger partial charge is 0.233 e. The molecule has 1 aliphatic heterocycles. The molecule has 0 radical (unpaired) electrons. The Morgan fingerprint density at radius 3 is 2.69 bits per heavy atom. The van der Waals surface area contributed by atoms with Crippen molar-refractivity contribution in [2.75, 3.05) is 13.1 Å². The van der Waals surface area contributed by atoms with Crippen molar-refractivity contribution in [3.05, 3.63) is 12.2 Å². The van der Waals surface area contributed by atoms with E-state index in [-0.39, 0.29) is 11.7 Å². The van der Waals surface area contributed by atoms with E-state index in [1.54, 1.807) is 11.8 Å². The van der Waals surface area contributed by atoms with E-state index in [0.717, 1.165) is 0 Å². The molecule has 1 atom stereocenters. The Balaban J connectivity index is 2.70. The largest absolute Gasteiger partial charge is 0.342 e. The third kappa shape index (κ3) is 1.79. The van der Waals surface area contributed by atoms with Gasteiger partial charge in [-0.05, 0) is 25.8 Å². The first kappa shape index (κ1) is 9.96. The molecule has 3 nitrogen and oxygen atoms in total. The molecule has 1 rings (SSSR count). The average Bonchev–Trinajstić information content (AvgIpc) is 2.45. The first-order valence-electron chi connectivity index (χ1n) is 4.56. The van der Waals surface area contributed by atoms with E-state index >= 15 is 0 Å². The zero-order valence-electron chi connectivity index (χ0n) is 8.17. The van der Waals surface area contributed by atoms with Gasteiger partial charge < -0.3 is 4.90 Å². The van der Waals surface area contributed by atoms with Crippen molar-refractivity contribution < 1.29 is 9.59 Å². The van der Waals surface area contributed by atoms with Crippen molar-refractivity contribution in [1.82, 2.24) is 4.90 Å². The Morgan fingerprint density at radius 1 is 1.69 bits per heavy atom. The molecule has 1 saturated heterocycles. The fourth-order valence-corrected chi connectivity index (χ4v) is 1.59. The van der Waals surface area contributed by atoms with Crippen LogP contribution in [0.5, 0.6) is 0 Å². The monoisotopic (exact) mass is 181 g/mol. The van der Waals surface area contributed by atoms with E-state index < -0.39 is 5.92 Å². The molecule has 1 heterocycles. The third-order valence-electron chi connectivity index (χ3n) is 2.42. The van der Waals surface area contributed by atoms with Gasteiger partial charge in [0.1, 0.15) is 5.92 Å². The molecule has 3 heteroatoms. The Hall–Kier alpha value is -1.12. The number of rotatable bonds is 3. The molecule has 0 saturated carbocycles. The minimum Gasteiger partial charge on any atom is -0.342 e. The van der Waals surface area contributed by atoms with Crippen molar-refractivity contribution in [1.29, 1.82) is 0 Å². The maximum Gasteiger partial charge on any atom is 0.233 e. The van der Waals surface area contributed by atoms with Crippen LogP contribution in [0.4, 0.5) is 0 Å². The molecule has 0 aromatic carbocycles. The maximum atomic E-state index is 11.5. The lowest BCUT2D eigenvalue weighted by molar-refractivity contribution is -0.135. The summed E-state index contributed by atoms with van der Waals surface area (Å²) >= 11 is 0.